The Morgan fingerprint density at radius 3 is 2.55 bits per heavy atom. The highest BCUT2D eigenvalue weighted by molar-refractivity contribution is 5.00. The molecule has 1 unspecified atom stereocenters. The lowest BCUT2D eigenvalue weighted by Gasteiger charge is -2.45. The Hall–Kier alpha value is -0.940. The molecule has 1 saturated carbocycles. The van der Waals surface area contributed by atoms with Crippen molar-refractivity contribution >= 4 is 0 Å². The fourth-order valence-corrected chi connectivity index (χ4v) is 3.09. The van der Waals surface area contributed by atoms with E-state index < -0.39 is 11.7 Å². The molecule has 0 aliphatic heterocycles. The fourth-order valence-electron chi connectivity index (χ4n) is 3.09. The fraction of sp³-hybridized carbons (Fsp3) is 0.867. The standard InChI is InChI=1S/C15H27N3O2/c1-5-18-13(16-11-17-18)10-12(19)15(20-4)8-6-14(2,3)7-9-15/h11-12,19H,5-10H2,1-4H3. The first-order valence-electron chi connectivity index (χ1n) is 7.52. The Labute approximate surface area is 121 Å². The first kappa shape index (κ1) is 15.4. The van der Waals surface area contributed by atoms with Crippen LogP contribution in [0.25, 0.3) is 0 Å². The number of hydrogen-bond donors (Lipinski definition) is 1. The summed E-state index contributed by atoms with van der Waals surface area (Å²) in [6.45, 7) is 7.37. The molecule has 1 aliphatic rings. The molecular weight excluding hydrogens is 254 g/mol. The molecule has 0 saturated heterocycles. The number of nitrogens with zero attached hydrogens (tertiary/aromatic N) is 3. The van der Waals surface area contributed by atoms with Crippen LogP contribution >= 0.6 is 0 Å². The molecule has 1 aromatic heterocycles. The van der Waals surface area contributed by atoms with Gasteiger partial charge in [0.1, 0.15) is 12.2 Å². The van der Waals surface area contributed by atoms with Crippen LogP contribution in [0, 0.1) is 5.41 Å². The van der Waals surface area contributed by atoms with E-state index >= 15 is 0 Å². The molecular formula is C15H27N3O2. The van der Waals surface area contributed by atoms with Crippen molar-refractivity contribution in [3.05, 3.63) is 12.2 Å². The minimum Gasteiger partial charge on any atom is -0.390 e. The van der Waals surface area contributed by atoms with E-state index in [0.29, 0.717) is 11.8 Å². The highest BCUT2D eigenvalue weighted by Gasteiger charge is 2.44. The van der Waals surface area contributed by atoms with Crippen molar-refractivity contribution in [2.45, 2.75) is 71.1 Å². The van der Waals surface area contributed by atoms with Crippen molar-refractivity contribution in [1.29, 1.82) is 0 Å². The van der Waals surface area contributed by atoms with E-state index in [1.165, 1.54) is 0 Å². The number of hydrogen-bond acceptors (Lipinski definition) is 4. The van der Waals surface area contributed by atoms with E-state index in [1.54, 1.807) is 13.4 Å². The Kier molecular flexibility index (Phi) is 4.49. The molecule has 1 aromatic rings. The van der Waals surface area contributed by atoms with Gasteiger partial charge >= 0.3 is 0 Å². The van der Waals surface area contributed by atoms with E-state index in [4.69, 9.17) is 4.74 Å². The van der Waals surface area contributed by atoms with Gasteiger partial charge in [0, 0.05) is 20.1 Å². The monoisotopic (exact) mass is 281 g/mol. The van der Waals surface area contributed by atoms with Crippen molar-refractivity contribution in [2.24, 2.45) is 5.41 Å². The number of aromatic nitrogens is 3. The van der Waals surface area contributed by atoms with Crippen LogP contribution in [-0.2, 0) is 17.7 Å². The lowest BCUT2D eigenvalue weighted by atomic mass is 9.68. The van der Waals surface area contributed by atoms with Crippen molar-refractivity contribution in [3.8, 4) is 0 Å². The summed E-state index contributed by atoms with van der Waals surface area (Å²) in [4.78, 5) is 4.25. The van der Waals surface area contributed by atoms with Gasteiger partial charge < -0.3 is 9.84 Å². The van der Waals surface area contributed by atoms with Crippen LogP contribution in [0.3, 0.4) is 0 Å². The predicted molar refractivity (Wildman–Crippen MR) is 77.4 cm³/mol. The zero-order valence-corrected chi connectivity index (χ0v) is 13.1. The number of aliphatic hydroxyl groups excluding tert-OH is 1. The summed E-state index contributed by atoms with van der Waals surface area (Å²) in [6, 6.07) is 0. The SMILES string of the molecule is CCn1ncnc1CC(O)C1(OC)CCC(C)(C)CC1. The van der Waals surface area contributed by atoms with Crippen molar-refractivity contribution < 1.29 is 9.84 Å². The summed E-state index contributed by atoms with van der Waals surface area (Å²) in [5, 5.41) is 14.8. The Bertz CT molecular complexity index is 432. The van der Waals surface area contributed by atoms with Gasteiger partial charge in [-0.3, -0.25) is 4.68 Å². The molecule has 0 amide bonds. The van der Waals surface area contributed by atoms with Gasteiger partial charge in [0.25, 0.3) is 0 Å². The van der Waals surface area contributed by atoms with Crippen molar-refractivity contribution in [3.63, 3.8) is 0 Å². The molecule has 0 aromatic carbocycles. The molecule has 20 heavy (non-hydrogen) atoms. The van der Waals surface area contributed by atoms with E-state index in [-0.39, 0.29) is 0 Å². The van der Waals surface area contributed by atoms with Crippen molar-refractivity contribution in [2.75, 3.05) is 7.11 Å². The van der Waals surface area contributed by atoms with Crippen LogP contribution in [0.5, 0.6) is 0 Å². The van der Waals surface area contributed by atoms with Gasteiger partial charge in [0.2, 0.25) is 0 Å². The maximum Gasteiger partial charge on any atom is 0.138 e. The second-order valence-corrected chi connectivity index (χ2v) is 6.65. The molecule has 1 fully saturated rings. The van der Waals surface area contributed by atoms with E-state index in [9.17, 15) is 5.11 Å². The van der Waals surface area contributed by atoms with Gasteiger partial charge in [0.05, 0.1) is 11.7 Å². The smallest absolute Gasteiger partial charge is 0.138 e. The molecule has 2 rings (SSSR count). The largest absolute Gasteiger partial charge is 0.390 e. The summed E-state index contributed by atoms with van der Waals surface area (Å²) < 4.78 is 7.58. The number of aliphatic hydroxyl groups is 1. The topological polar surface area (TPSA) is 60.2 Å². The lowest BCUT2D eigenvalue weighted by molar-refractivity contribution is -0.136. The predicted octanol–water partition coefficient (Wildman–Crippen LogP) is 2.19. The van der Waals surface area contributed by atoms with E-state index in [0.717, 1.165) is 38.1 Å². The van der Waals surface area contributed by atoms with Gasteiger partial charge in [-0.05, 0) is 38.0 Å². The minimum absolute atomic E-state index is 0.352. The normalized spacial score (nSPS) is 22.6. The maximum absolute atomic E-state index is 10.7. The Morgan fingerprint density at radius 1 is 1.35 bits per heavy atom. The van der Waals surface area contributed by atoms with E-state index in [2.05, 4.69) is 23.9 Å². The molecule has 1 heterocycles. The molecule has 1 N–H and O–H groups in total. The third kappa shape index (κ3) is 3.04. The molecule has 1 aliphatic carbocycles. The quantitative estimate of drug-likeness (QED) is 0.898. The van der Waals surface area contributed by atoms with Gasteiger partial charge in [0.15, 0.2) is 0 Å². The summed E-state index contributed by atoms with van der Waals surface area (Å²) in [6.07, 6.45) is 5.49. The molecule has 0 bridgehead atoms. The summed E-state index contributed by atoms with van der Waals surface area (Å²) in [5.74, 6) is 0.834. The van der Waals surface area contributed by atoms with Crippen LogP contribution in [-0.4, -0.2) is 38.7 Å². The number of ether oxygens (including phenoxy) is 1. The zero-order chi connectivity index (χ0) is 14.8. The van der Waals surface area contributed by atoms with Gasteiger partial charge in [-0.25, -0.2) is 4.98 Å². The third-order valence-corrected chi connectivity index (χ3v) is 4.83. The average Bonchev–Trinajstić information content (AvgIpc) is 2.86. The molecule has 1 atom stereocenters. The van der Waals surface area contributed by atoms with Crippen LogP contribution in [0.15, 0.2) is 6.33 Å². The first-order valence-corrected chi connectivity index (χ1v) is 7.52. The lowest BCUT2D eigenvalue weighted by Crippen LogP contribution is -2.49. The Morgan fingerprint density at radius 2 is 2.00 bits per heavy atom. The summed E-state index contributed by atoms with van der Waals surface area (Å²) in [7, 11) is 1.71. The van der Waals surface area contributed by atoms with Crippen LogP contribution in [0.2, 0.25) is 0 Å². The molecule has 5 heteroatoms. The molecule has 0 spiro atoms. The number of aryl methyl sites for hydroxylation is 1. The third-order valence-electron chi connectivity index (χ3n) is 4.83. The Balaban J connectivity index is 2.08. The van der Waals surface area contributed by atoms with Crippen LogP contribution < -0.4 is 0 Å². The highest BCUT2D eigenvalue weighted by atomic mass is 16.5. The van der Waals surface area contributed by atoms with Crippen LogP contribution in [0.4, 0.5) is 0 Å². The first-order chi connectivity index (χ1) is 9.42. The van der Waals surface area contributed by atoms with Gasteiger partial charge in [-0.1, -0.05) is 13.8 Å². The second kappa shape index (κ2) is 5.82. The molecule has 5 nitrogen and oxygen atoms in total. The van der Waals surface area contributed by atoms with E-state index in [1.807, 2.05) is 11.6 Å². The van der Waals surface area contributed by atoms with Crippen molar-refractivity contribution in [1.82, 2.24) is 14.8 Å². The van der Waals surface area contributed by atoms with Gasteiger partial charge in [-0.15, -0.1) is 0 Å². The second-order valence-electron chi connectivity index (χ2n) is 6.65. The molecule has 0 radical (unpaired) electrons. The van der Waals surface area contributed by atoms with Gasteiger partial charge in [-0.2, -0.15) is 5.10 Å². The summed E-state index contributed by atoms with van der Waals surface area (Å²) in [5.41, 5.74) is -0.0781. The summed E-state index contributed by atoms with van der Waals surface area (Å²) >= 11 is 0. The highest BCUT2D eigenvalue weighted by Crippen LogP contribution is 2.43. The number of rotatable bonds is 5. The average molecular weight is 281 g/mol. The molecule has 114 valence electrons. The minimum atomic E-state index is -0.530. The van der Waals surface area contributed by atoms with Crippen LogP contribution in [0.1, 0.15) is 52.3 Å². The maximum atomic E-state index is 10.7. The number of methoxy groups -OCH3 is 1. The zero-order valence-electron chi connectivity index (χ0n) is 13.1.